The Labute approximate surface area is 137 Å². The second-order valence-corrected chi connectivity index (χ2v) is 8.61. The first-order chi connectivity index (χ1) is 9.67. The molecule has 2 rings (SSSR count). The normalized spacial score (nSPS) is 9.80. The molecule has 0 aliphatic rings. The molecular weight excluding hydrogens is 324 g/mol. The standard InChI is InChI=1S/C8H11NS2.C6H7NS2/c1-6-4-7(2)8(9-5-6)11-10-3;1-8-9-6-4-2-3-5-7-6/h4-5H,1-3H3;2-5H,1H3. The van der Waals surface area contributed by atoms with Crippen molar-refractivity contribution < 1.29 is 0 Å². The third-order valence-corrected chi connectivity index (χ3v) is 5.45. The van der Waals surface area contributed by atoms with E-state index in [-0.39, 0.29) is 0 Å². The zero-order valence-corrected chi connectivity index (χ0v) is 15.3. The van der Waals surface area contributed by atoms with E-state index >= 15 is 0 Å². The smallest absolute Gasteiger partial charge is 0.109 e. The van der Waals surface area contributed by atoms with Crippen LogP contribution in [0.2, 0.25) is 0 Å². The summed E-state index contributed by atoms with van der Waals surface area (Å²) < 4.78 is 0. The van der Waals surface area contributed by atoms with Gasteiger partial charge in [0.1, 0.15) is 10.1 Å². The summed E-state index contributed by atoms with van der Waals surface area (Å²) in [7, 11) is 6.83. The number of aromatic nitrogens is 2. The van der Waals surface area contributed by atoms with E-state index in [1.165, 1.54) is 11.1 Å². The Morgan fingerprint density at radius 3 is 2.25 bits per heavy atom. The molecule has 0 saturated heterocycles. The summed E-state index contributed by atoms with van der Waals surface area (Å²) in [4.78, 5) is 8.42. The van der Waals surface area contributed by atoms with Gasteiger partial charge in [0.15, 0.2) is 0 Å². The highest BCUT2D eigenvalue weighted by atomic mass is 33.1. The van der Waals surface area contributed by atoms with Gasteiger partial charge in [-0.2, -0.15) is 0 Å². The highest BCUT2D eigenvalue weighted by molar-refractivity contribution is 8.76. The van der Waals surface area contributed by atoms with Crippen LogP contribution in [0.25, 0.3) is 0 Å². The Bertz CT molecular complexity index is 506. The topological polar surface area (TPSA) is 25.8 Å². The molecule has 0 spiro atoms. The Hall–Kier alpha value is -0.300. The summed E-state index contributed by atoms with van der Waals surface area (Å²) in [6.07, 6.45) is 7.81. The molecule has 0 unspecified atom stereocenters. The first-order valence-electron chi connectivity index (χ1n) is 5.93. The van der Waals surface area contributed by atoms with Gasteiger partial charge in [-0.25, -0.2) is 9.97 Å². The van der Waals surface area contributed by atoms with Crippen LogP contribution >= 0.6 is 43.2 Å². The molecule has 0 bridgehead atoms. The van der Waals surface area contributed by atoms with E-state index in [4.69, 9.17) is 0 Å². The number of hydrogen-bond acceptors (Lipinski definition) is 6. The van der Waals surface area contributed by atoms with Gasteiger partial charge in [-0.15, -0.1) is 0 Å². The van der Waals surface area contributed by atoms with Gasteiger partial charge < -0.3 is 0 Å². The SMILES string of the molecule is CSSc1ccccn1.CSSc1ncc(C)cc1C. The maximum Gasteiger partial charge on any atom is 0.109 e. The van der Waals surface area contributed by atoms with Gasteiger partial charge in [0.25, 0.3) is 0 Å². The highest BCUT2D eigenvalue weighted by Gasteiger charge is 1.98. The van der Waals surface area contributed by atoms with Crippen molar-refractivity contribution in [2.24, 2.45) is 0 Å². The van der Waals surface area contributed by atoms with E-state index in [1.807, 2.05) is 30.7 Å². The number of hydrogen-bond donors (Lipinski definition) is 0. The van der Waals surface area contributed by atoms with Crippen molar-refractivity contribution in [3.05, 3.63) is 47.8 Å². The summed E-state index contributed by atoms with van der Waals surface area (Å²) in [5.41, 5.74) is 2.50. The van der Waals surface area contributed by atoms with E-state index < -0.39 is 0 Å². The molecule has 0 saturated carbocycles. The first-order valence-corrected chi connectivity index (χ1v) is 11.0. The molecule has 0 aromatic carbocycles. The van der Waals surface area contributed by atoms with E-state index in [9.17, 15) is 0 Å². The number of aryl methyl sites for hydroxylation is 2. The molecule has 2 aromatic heterocycles. The van der Waals surface area contributed by atoms with Crippen LogP contribution < -0.4 is 0 Å². The van der Waals surface area contributed by atoms with E-state index in [0.717, 1.165) is 10.1 Å². The molecule has 2 nitrogen and oxygen atoms in total. The predicted octanol–water partition coefficient (Wildman–Crippen LogP) is 5.52. The molecule has 0 N–H and O–H groups in total. The van der Waals surface area contributed by atoms with Gasteiger partial charge in [-0.05, 0) is 71.2 Å². The Balaban J connectivity index is 0.000000204. The molecule has 0 amide bonds. The van der Waals surface area contributed by atoms with Gasteiger partial charge in [0, 0.05) is 12.4 Å². The van der Waals surface area contributed by atoms with Gasteiger partial charge in [-0.1, -0.05) is 33.7 Å². The molecule has 108 valence electrons. The second kappa shape index (κ2) is 10.4. The van der Waals surface area contributed by atoms with E-state index in [0.29, 0.717) is 0 Å². The maximum atomic E-state index is 4.31. The van der Waals surface area contributed by atoms with Crippen LogP contribution in [0.15, 0.2) is 46.7 Å². The Morgan fingerprint density at radius 1 is 0.950 bits per heavy atom. The van der Waals surface area contributed by atoms with Gasteiger partial charge in [0.05, 0.1) is 0 Å². The molecule has 0 aliphatic carbocycles. The lowest BCUT2D eigenvalue weighted by Gasteiger charge is -2.01. The summed E-state index contributed by atoms with van der Waals surface area (Å²) in [6, 6.07) is 8.07. The fourth-order valence-electron chi connectivity index (χ4n) is 1.35. The van der Waals surface area contributed by atoms with Crippen LogP contribution in [-0.4, -0.2) is 22.5 Å². The van der Waals surface area contributed by atoms with Crippen LogP contribution in [0.4, 0.5) is 0 Å². The molecule has 2 aromatic rings. The minimum Gasteiger partial charge on any atom is -0.249 e. The number of pyridine rings is 2. The van der Waals surface area contributed by atoms with Crippen LogP contribution in [0.3, 0.4) is 0 Å². The third kappa shape index (κ3) is 6.92. The molecule has 0 atom stereocenters. The molecule has 0 radical (unpaired) electrons. The molecule has 0 fully saturated rings. The molecule has 2 heterocycles. The van der Waals surface area contributed by atoms with Crippen LogP contribution in [-0.2, 0) is 0 Å². The summed E-state index contributed by atoms with van der Waals surface area (Å²) in [5.74, 6) is 0. The van der Waals surface area contributed by atoms with Gasteiger partial charge >= 0.3 is 0 Å². The van der Waals surface area contributed by atoms with Gasteiger partial charge in [-0.3, -0.25) is 0 Å². The largest absolute Gasteiger partial charge is 0.249 e. The van der Waals surface area contributed by atoms with E-state index in [1.54, 1.807) is 49.4 Å². The number of rotatable bonds is 4. The Kier molecular flexibility index (Phi) is 9.26. The minimum atomic E-state index is 1.07. The van der Waals surface area contributed by atoms with Gasteiger partial charge in [0.2, 0.25) is 0 Å². The zero-order valence-electron chi connectivity index (χ0n) is 12.0. The van der Waals surface area contributed by atoms with Crippen molar-refractivity contribution in [3.63, 3.8) is 0 Å². The second-order valence-electron chi connectivity index (χ2n) is 3.80. The van der Waals surface area contributed by atoms with Crippen LogP contribution in [0.1, 0.15) is 11.1 Å². The van der Waals surface area contributed by atoms with Crippen molar-refractivity contribution in [1.29, 1.82) is 0 Å². The monoisotopic (exact) mass is 342 g/mol. The lowest BCUT2D eigenvalue weighted by Crippen LogP contribution is -1.84. The lowest BCUT2D eigenvalue weighted by molar-refractivity contribution is 1.06. The molecule has 0 aliphatic heterocycles. The van der Waals surface area contributed by atoms with Crippen LogP contribution in [0.5, 0.6) is 0 Å². The van der Waals surface area contributed by atoms with Crippen molar-refractivity contribution in [2.45, 2.75) is 23.9 Å². The minimum absolute atomic E-state index is 1.07. The van der Waals surface area contributed by atoms with Crippen molar-refractivity contribution in [1.82, 2.24) is 9.97 Å². The van der Waals surface area contributed by atoms with Crippen LogP contribution in [0, 0.1) is 13.8 Å². The average Bonchev–Trinajstić information content (AvgIpc) is 2.44. The number of nitrogens with zero attached hydrogens (tertiary/aromatic N) is 2. The summed E-state index contributed by atoms with van der Waals surface area (Å²) in [5, 5.41) is 2.20. The van der Waals surface area contributed by atoms with Crippen molar-refractivity contribution in [3.8, 4) is 0 Å². The van der Waals surface area contributed by atoms with E-state index in [2.05, 4.69) is 36.1 Å². The highest BCUT2D eigenvalue weighted by Crippen LogP contribution is 2.29. The summed E-state index contributed by atoms with van der Waals surface area (Å²) in [6.45, 7) is 4.16. The fourth-order valence-corrected chi connectivity index (χ4v) is 4.01. The first kappa shape index (κ1) is 17.8. The zero-order chi connectivity index (χ0) is 14.8. The quantitative estimate of drug-likeness (QED) is 0.679. The molecule has 20 heavy (non-hydrogen) atoms. The fraction of sp³-hybridized carbons (Fsp3) is 0.286. The lowest BCUT2D eigenvalue weighted by atomic mass is 10.2. The molecular formula is C14H18N2S4. The average molecular weight is 343 g/mol. The van der Waals surface area contributed by atoms with Crippen molar-refractivity contribution >= 4 is 43.2 Å². The Morgan fingerprint density at radius 2 is 1.70 bits per heavy atom. The van der Waals surface area contributed by atoms with Crippen molar-refractivity contribution in [2.75, 3.05) is 12.5 Å². The molecule has 6 heteroatoms. The predicted molar refractivity (Wildman–Crippen MR) is 96.7 cm³/mol. The maximum absolute atomic E-state index is 4.31. The summed E-state index contributed by atoms with van der Waals surface area (Å²) >= 11 is 0. The third-order valence-electron chi connectivity index (χ3n) is 2.14.